The minimum atomic E-state index is 0.497. The molecule has 1 fully saturated rings. The number of imidazole rings is 1. The summed E-state index contributed by atoms with van der Waals surface area (Å²) in [6.45, 7) is 2.15. The Balaban J connectivity index is 1.49. The molecule has 2 aromatic heterocycles. The van der Waals surface area contributed by atoms with Gasteiger partial charge in [0.2, 0.25) is 0 Å². The fourth-order valence-corrected chi connectivity index (χ4v) is 3.42. The Kier molecular flexibility index (Phi) is 3.71. The summed E-state index contributed by atoms with van der Waals surface area (Å²) in [7, 11) is 1.98. The first kappa shape index (κ1) is 14.2. The minimum absolute atomic E-state index is 0.497. The molecule has 118 valence electrons. The van der Waals surface area contributed by atoms with Gasteiger partial charge in [0.15, 0.2) is 0 Å². The average Bonchev–Trinajstić information content (AvgIpc) is 3.29. The van der Waals surface area contributed by atoms with Crippen LogP contribution in [0.1, 0.15) is 30.0 Å². The van der Waals surface area contributed by atoms with Crippen molar-refractivity contribution in [3.63, 3.8) is 0 Å². The molecular formula is C18H21N5. The molecule has 1 saturated heterocycles. The monoisotopic (exact) mass is 307 g/mol. The second-order valence-electron chi connectivity index (χ2n) is 6.21. The second-order valence-corrected chi connectivity index (χ2v) is 6.21. The first-order valence-corrected chi connectivity index (χ1v) is 8.09. The smallest absolute Gasteiger partial charge is 0.0991 e. The van der Waals surface area contributed by atoms with Gasteiger partial charge in [-0.1, -0.05) is 12.1 Å². The molecular weight excluding hydrogens is 286 g/mol. The highest BCUT2D eigenvalue weighted by molar-refractivity contribution is 5.34. The number of nitrogens with zero attached hydrogens (tertiary/aromatic N) is 5. The Bertz CT molecular complexity index is 757. The summed E-state index contributed by atoms with van der Waals surface area (Å²) < 4.78 is 3.92. The minimum Gasteiger partial charge on any atom is -0.306 e. The van der Waals surface area contributed by atoms with E-state index in [1.54, 1.807) is 6.20 Å². The predicted molar refractivity (Wildman–Crippen MR) is 89.2 cm³/mol. The van der Waals surface area contributed by atoms with E-state index in [4.69, 9.17) is 0 Å². The van der Waals surface area contributed by atoms with Crippen molar-refractivity contribution in [1.29, 1.82) is 0 Å². The van der Waals surface area contributed by atoms with E-state index in [0.717, 1.165) is 18.8 Å². The topological polar surface area (TPSA) is 38.9 Å². The van der Waals surface area contributed by atoms with Gasteiger partial charge in [-0.2, -0.15) is 5.10 Å². The molecule has 1 aromatic carbocycles. The molecule has 4 rings (SSSR count). The van der Waals surface area contributed by atoms with Gasteiger partial charge in [-0.05, 0) is 37.1 Å². The largest absolute Gasteiger partial charge is 0.306 e. The molecule has 1 aliphatic heterocycles. The van der Waals surface area contributed by atoms with Gasteiger partial charge >= 0.3 is 0 Å². The van der Waals surface area contributed by atoms with E-state index in [2.05, 4.69) is 45.4 Å². The van der Waals surface area contributed by atoms with Crippen molar-refractivity contribution in [2.75, 3.05) is 6.54 Å². The molecule has 0 unspecified atom stereocenters. The van der Waals surface area contributed by atoms with E-state index in [1.807, 2.05) is 35.0 Å². The zero-order valence-electron chi connectivity index (χ0n) is 13.3. The van der Waals surface area contributed by atoms with Crippen LogP contribution in [0, 0.1) is 0 Å². The fraction of sp³-hybridized carbons (Fsp3) is 0.333. The molecule has 23 heavy (non-hydrogen) atoms. The molecule has 5 heteroatoms. The first-order valence-electron chi connectivity index (χ1n) is 8.09. The Morgan fingerprint density at radius 1 is 1.22 bits per heavy atom. The van der Waals surface area contributed by atoms with Gasteiger partial charge in [-0.15, -0.1) is 0 Å². The summed E-state index contributed by atoms with van der Waals surface area (Å²) >= 11 is 0. The molecule has 0 aliphatic carbocycles. The zero-order chi connectivity index (χ0) is 15.6. The summed E-state index contributed by atoms with van der Waals surface area (Å²) in [6.07, 6.45) is 12.2. The van der Waals surface area contributed by atoms with E-state index in [-0.39, 0.29) is 0 Å². The number of aryl methyl sites for hydroxylation is 1. The van der Waals surface area contributed by atoms with Crippen LogP contribution in [0.5, 0.6) is 0 Å². The average molecular weight is 307 g/mol. The zero-order valence-corrected chi connectivity index (χ0v) is 13.3. The fourth-order valence-electron chi connectivity index (χ4n) is 3.42. The van der Waals surface area contributed by atoms with Crippen LogP contribution in [0.4, 0.5) is 0 Å². The molecule has 0 amide bonds. The van der Waals surface area contributed by atoms with Crippen molar-refractivity contribution in [1.82, 2.24) is 24.2 Å². The maximum atomic E-state index is 4.32. The van der Waals surface area contributed by atoms with Crippen LogP contribution in [0.2, 0.25) is 0 Å². The third kappa shape index (κ3) is 2.92. The SMILES string of the molecule is Cn1cc([C@@H]2CCCN2Cc2ccc(-n3ccnc3)cc2)cn1. The van der Waals surface area contributed by atoms with Crippen LogP contribution in [0.15, 0.2) is 55.4 Å². The van der Waals surface area contributed by atoms with Gasteiger partial charge in [0.05, 0.1) is 12.5 Å². The lowest BCUT2D eigenvalue weighted by molar-refractivity contribution is 0.248. The lowest BCUT2D eigenvalue weighted by Gasteiger charge is -2.23. The van der Waals surface area contributed by atoms with Crippen LogP contribution in [-0.4, -0.2) is 30.8 Å². The maximum absolute atomic E-state index is 4.32. The van der Waals surface area contributed by atoms with Crippen LogP contribution in [-0.2, 0) is 13.6 Å². The second kappa shape index (κ2) is 6.01. The predicted octanol–water partition coefficient (Wildman–Crippen LogP) is 2.94. The molecule has 1 atom stereocenters. The molecule has 0 radical (unpaired) electrons. The standard InChI is InChI=1S/C18H21N5/c1-21-13-16(11-20-21)18-3-2-9-22(18)12-15-4-6-17(7-5-15)23-10-8-19-14-23/h4-8,10-11,13-14,18H,2-3,9,12H2,1H3/t18-/m0/s1. The lowest BCUT2D eigenvalue weighted by atomic mass is 10.1. The Labute approximate surface area is 136 Å². The van der Waals surface area contributed by atoms with Crippen LogP contribution in [0.25, 0.3) is 5.69 Å². The molecule has 0 bridgehead atoms. The van der Waals surface area contributed by atoms with E-state index < -0.39 is 0 Å². The normalized spacial score (nSPS) is 18.6. The van der Waals surface area contributed by atoms with E-state index in [1.165, 1.54) is 24.0 Å². The van der Waals surface area contributed by atoms with Crippen molar-refractivity contribution in [2.24, 2.45) is 7.05 Å². The Hall–Kier alpha value is -2.40. The van der Waals surface area contributed by atoms with Crippen molar-refractivity contribution >= 4 is 0 Å². The molecule has 5 nitrogen and oxygen atoms in total. The van der Waals surface area contributed by atoms with Gasteiger partial charge in [-0.25, -0.2) is 4.98 Å². The van der Waals surface area contributed by atoms with Crippen LogP contribution >= 0.6 is 0 Å². The first-order chi connectivity index (χ1) is 11.3. The molecule has 3 heterocycles. The maximum Gasteiger partial charge on any atom is 0.0991 e. The van der Waals surface area contributed by atoms with Crippen molar-refractivity contribution < 1.29 is 0 Å². The highest BCUT2D eigenvalue weighted by Crippen LogP contribution is 2.32. The summed E-state index contributed by atoms with van der Waals surface area (Å²) in [6, 6.07) is 9.25. The van der Waals surface area contributed by atoms with E-state index in [0.29, 0.717) is 6.04 Å². The van der Waals surface area contributed by atoms with Crippen molar-refractivity contribution in [2.45, 2.75) is 25.4 Å². The number of likely N-dealkylation sites (tertiary alicyclic amines) is 1. The van der Waals surface area contributed by atoms with Gasteiger partial charge in [-0.3, -0.25) is 9.58 Å². The molecule has 0 spiro atoms. The quantitative estimate of drug-likeness (QED) is 0.744. The number of hydrogen-bond donors (Lipinski definition) is 0. The molecule has 1 aliphatic rings. The van der Waals surface area contributed by atoms with Gasteiger partial charge in [0, 0.05) is 49.5 Å². The Morgan fingerprint density at radius 2 is 2.09 bits per heavy atom. The molecule has 3 aromatic rings. The van der Waals surface area contributed by atoms with Gasteiger partial charge in [0.1, 0.15) is 0 Å². The third-order valence-electron chi connectivity index (χ3n) is 4.60. The van der Waals surface area contributed by atoms with Crippen molar-refractivity contribution in [3.05, 3.63) is 66.5 Å². The summed E-state index contributed by atoms with van der Waals surface area (Å²) in [5, 5.41) is 4.32. The van der Waals surface area contributed by atoms with Gasteiger partial charge in [0.25, 0.3) is 0 Å². The lowest BCUT2D eigenvalue weighted by Crippen LogP contribution is -2.22. The Morgan fingerprint density at radius 3 is 2.78 bits per heavy atom. The van der Waals surface area contributed by atoms with Gasteiger partial charge < -0.3 is 4.57 Å². The highest BCUT2D eigenvalue weighted by Gasteiger charge is 2.26. The molecule has 0 saturated carbocycles. The number of aromatic nitrogens is 4. The van der Waals surface area contributed by atoms with Crippen LogP contribution in [0.3, 0.4) is 0 Å². The summed E-state index contributed by atoms with van der Waals surface area (Å²) in [4.78, 5) is 6.66. The van der Waals surface area contributed by atoms with E-state index in [9.17, 15) is 0 Å². The van der Waals surface area contributed by atoms with E-state index >= 15 is 0 Å². The van der Waals surface area contributed by atoms with Crippen LogP contribution < -0.4 is 0 Å². The third-order valence-corrected chi connectivity index (χ3v) is 4.60. The highest BCUT2D eigenvalue weighted by atomic mass is 15.3. The summed E-state index contributed by atoms with van der Waals surface area (Å²) in [5.74, 6) is 0. The summed E-state index contributed by atoms with van der Waals surface area (Å²) in [5.41, 5.74) is 3.83. The molecule has 0 N–H and O–H groups in total. The number of hydrogen-bond acceptors (Lipinski definition) is 3. The number of benzene rings is 1. The van der Waals surface area contributed by atoms with Crippen molar-refractivity contribution in [3.8, 4) is 5.69 Å². The number of rotatable bonds is 4.